The molecule has 2 aromatic carbocycles. The Balaban J connectivity index is 2.10. The van der Waals surface area contributed by atoms with Crippen LogP contribution >= 0.6 is 0 Å². The highest BCUT2D eigenvalue weighted by Crippen LogP contribution is 2.24. The van der Waals surface area contributed by atoms with Crippen LogP contribution in [0.5, 0.6) is 0 Å². The third-order valence-corrected chi connectivity index (χ3v) is 3.25. The maximum atomic E-state index is 4.11. The van der Waals surface area contributed by atoms with Gasteiger partial charge in [0, 0.05) is 17.0 Å². The lowest BCUT2D eigenvalue weighted by Gasteiger charge is -2.06. The van der Waals surface area contributed by atoms with Crippen molar-refractivity contribution in [2.45, 2.75) is 0 Å². The van der Waals surface area contributed by atoms with Crippen LogP contribution in [0.25, 0.3) is 27.5 Å². The normalized spacial score (nSPS) is 11.3. The zero-order chi connectivity index (χ0) is 11.9. The number of aromatic nitrogens is 3. The number of para-hydroxylation sites is 1. The molecule has 3 nitrogen and oxygen atoms in total. The Hall–Kier alpha value is -2.55. The van der Waals surface area contributed by atoms with Gasteiger partial charge < -0.3 is 4.57 Å². The van der Waals surface area contributed by atoms with Gasteiger partial charge in [0.25, 0.3) is 0 Å². The number of hydrogen-bond donors (Lipinski definition) is 1. The number of fused-ring (bicyclic) bond motifs is 2. The first kappa shape index (κ1) is 9.48. The Bertz CT molecular complexity index is 839. The number of hydrogen-bond acceptors (Lipinski definition) is 1. The fraction of sp³-hybridized carbons (Fsp3) is 0. The Morgan fingerprint density at radius 3 is 3.11 bits per heavy atom. The zero-order valence-corrected chi connectivity index (χ0v) is 9.59. The Morgan fingerprint density at radius 2 is 2.11 bits per heavy atom. The predicted molar refractivity (Wildman–Crippen MR) is 71.8 cm³/mol. The van der Waals surface area contributed by atoms with Gasteiger partial charge in [-0.2, -0.15) is 5.10 Å². The summed E-state index contributed by atoms with van der Waals surface area (Å²) in [5.74, 6) is 0. The molecule has 0 aliphatic rings. The maximum absolute atomic E-state index is 4.11. The van der Waals surface area contributed by atoms with E-state index in [1.165, 1.54) is 10.9 Å². The van der Waals surface area contributed by atoms with Crippen LogP contribution in [0.15, 0.2) is 54.9 Å². The van der Waals surface area contributed by atoms with Crippen LogP contribution in [0.1, 0.15) is 0 Å². The van der Waals surface area contributed by atoms with E-state index < -0.39 is 0 Å². The summed E-state index contributed by atoms with van der Waals surface area (Å²) in [6, 6.07) is 17.4. The summed E-state index contributed by atoms with van der Waals surface area (Å²) in [4.78, 5) is 0. The van der Waals surface area contributed by atoms with Gasteiger partial charge in [-0.25, -0.2) is 0 Å². The molecule has 0 aliphatic carbocycles. The van der Waals surface area contributed by atoms with Crippen molar-refractivity contribution in [1.82, 2.24) is 14.8 Å². The van der Waals surface area contributed by atoms with Crippen molar-refractivity contribution in [3.63, 3.8) is 0 Å². The van der Waals surface area contributed by atoms with E-state index in [1.807, 2.05) is 24.4 Å². The van der Waals surface area contributed by atoms with E-state index >= 15 is 0 Å². The van der Waals surface area contributed by atoms with Gasteiger partial charge in [-0.1, -0.05) is 18.2 Å². The lowest BCUT2D eigenvalue weighted by Crippen LogP contribution is -1.92. The molecule has 1 radical (unpaired) electrons. The molecule has 2 heterocycles. The van der Waals surface area contributed by atoms with Crippen molar-refractivity contribution >= 4 is 21.8 Å². The minimum absolute atomic E-state index is 1.06. The van der Waals surface area contributed by atoms with Gasteiger partial charge in [-0.05, 0) is 30.3 Å². The molecular formula is C15H10N3. The van der Waals surface area contributed by atoms with Gasteiger partial charge in [0.1, 0.15) is 0 Å². The maximum Gasteiger partial charge on any atom is 0.0890 e. The van der Waals surface area contributed by atoms with E-state index in [0.717, 1.165) is 16.6 Å². The van der Waals surface area contributed by atoms with Crippen LogP contribution in [0.2, 0.25) is 0 Å². The quantitative estimate of drug-likeness (QED) is 0.536. The number of rotatable bonds is 1. The van der Waals surface area contributed by atoms with Crippen LogP contribution in [0.3, 0.4) is 0 Å². The number of H-pyrrole nitrogens is 1. The highest BCUT2D eigenvalue weighted by Gasteiger charge is 2.07. The van der Waals surface area contributed by atoms with Crippen molar-refractivity contribution in [3.8, 4) is 5.69 Å². The van der Waals surface area contributed by atoms with Crippen LogP contribution in [0.4, 0.5) is 0 Å². The lowest BCUT2D eigenvalue weighted by atomic mass is 10.2. The molecule has 85 valence electrons. The molecule has 0 saturated heterocycles. The summed E-state index contributed by atoms with van der Waals surface area (Å²) in [6.45, 7) is 0. The van der Waals surface area contributed by atoms with E-state index in [9.17, 15) is 0 Å². The highest BCUT2D eigenvalue weighted by atomic mass is 15.1. The monoisotopic (exact) mass is 232 g/mol. The predicted octanol–water partition coefficient (Wildman–Crippen LogP) is 3.31. The second kappa shape index (κ2) is 3.47. The first-order chi connectivity index (χ1) is 8.93. The summed E-state index contributed by atoms with van der Waals surface area (Å²) in [7, 11) is 0. The molecule has 3 heteroatoms. The van der Waals surface area contributed by atoms with Gasteiger partial charge in [0.2, 0.25) is 0 Å². The van der Waals surface area contributed by atoms with Crippen LogP contribution < -0.4 is 0 Å². The summed E-state index contributed by atoms with van der Waals surface area (Å²) >= 11 is 0. The summed E-state index contributed by atoms with van der Waals surface area (Å²) in [5.41, 5.74) is 3.35. The smallest absolute Gasteiger partial charge is 0.0890 e. The number of nitrogens with one attached hydrogen (secondary N) is 1. The first-order valence-corrected chi connectivity index (χ1v) is 5.83. The van der Waals surface area contributed by atoms with Crippen LogP contribution in [0, 0.1) is 6.07 Å². The minimum atomic E-state index is 1.06. The second-order valence-electron chi connectivity index (χ2n) is 4.28. The Kier molecular flexibility index (Phi) is 1.83. The summed E-state index contributed by atoms with van der Waals surface area (Å²) in [6.07, 6.45) is 3.92. The Morgan fingerprint density at radius 1 is 1.11 bits per heavy atom. The van der Waals surface area contributed by atoms with Gasteiger partial charge in [0.05, 0.1) is 22.9 Å². The Labute approximate surface area is 104 Å². The summed E-state index contributed by atoms with van der Waals surface area (Å²) in [5, 5.41) is 9.48. The molecule has 0 amide bonds. The van der Waals surface area contributed by atoms with Gasteiger partial charge in [-0.3, -0.25) is 5.10 Å². The van der Waals surface area contributed by atoms with E-state index in [4.69, 9.17) is 0 Å². The van der Waals surface area contributed by atoms with Crippen molar-refractivity contribution in [1.29, 1.82) is 0 Å². The molecule has 1 N–H and O–H groups in total. The third kappa shape index (κ3) is 1.21. The molecule has 2 aromatic heterocycles. The minimum Gasteiger partial charge on any atom is -0.314 e. The van der Waals surface area contributed by atoms with Gasteiger partial charge >= 0.3 is 0 Å². The van der Waals surface area contributed by atoms with Gasteiger partial charge in [0.15, 0.2) is 0 Å². The molecular weight excluding hydrogens is 222 g/mol. The molecule has 0 saturated carbocycles. The fourth-order valence-electron chi connectivity index (χ4n) is 2.39. The SMILES string of the molecule is [c]1ccc2c(c1)ccn2-c1cccc2cn[nH]c12. The van der Waals surface area contributed by atoms with E-state index in [2.05, 4.69) is 51.3 Å². The van der Waals surface area contributed by atoms with Crippen molar-refractivity contribution in [2.24, 2.45) is 0 Å². The van der Waals surface area contributed by atoms with Crippen molar-refractivity contribution < 1.29 is 0 Å². The standard InChI is InChI=1S/C15H10N3/c1-2-6-13-11(4-1)8-9-18(13)14-7-3-5-12-10-16-17-15(12)14/h2-10H,(H,16,17). The molecule has 0 fully saturated rings. The molecule has 0 atom stereocenters. The van der Waals surface area contributed by atoms with E-state index in [-0.39, 0.29) is 0 Å². The molecule has 0 bridgehead atoms. The topological polar surface area (TPSA) is 33.6 Å². The number of benzene rings is 2. The molecule has 18 heavy (non-hydrogen) atoms. The molecule has 0 aliphatic heterocycles. The van der Waals surface area contributed by atoms with Crippen molar-refractivity contribution in [3.05, 3.63) is 60.9 Å². The lowest BCUT2D eigenvalue weighted by molar-refractivity contribution is 1.09. The average molecular weight is 232 g/mol. The summed E-state index contributed by atoms with van der Waals surface area (Å²) < 4.78 is 2.17. The zero-order valence-electron chi connectivity index (χ0n) is 9.59. The highest BCUT2D eigenvalue weighted by molar-refractivity contribution is 5.90. The molecule has 0 spiro atoms. The third-order valence-electron chi connectivity index (χ3n) is 3.25. The van der Waals surface area contributed by atoms with Crippen LogP contribution in [-0.2, 0) is 0 Å². The number of aromatic amines is 1. The molecule has 4 aromatic rings. The average Bonchev–Trinajstić information content (AvgIpc) is 3.05. The molecule has 0 unspecified atom stereocenters. The number of nitrogens with zero attached hydrogens (tertiary/aromatic N) is 2. The fourth-order valence-corrected chi connectivity index (χ4v) is 2.39. The first-order valence-electron chi connectivity index (χ1n) is 5.83. The van der Waals surface area contributed by atoms with E-state index in [0.29, 0.717) is 0 Å². The second-order valence-corrected chi connectivity index (χ2v) is 4.28. The van der Waals surface area contributed by atoms with Gasteiger partial charge in [-0.15, -0.1) is 0 Å². The van der Waals surface area contributed by atoms with E-state index in [1.54, 1.807) is 0 Å². The largest absolute Gasteiger partial charge is 0.314 e. The van der Waals surface area contributed by atoms with Crippen LogP contribution in [-0.4, -0.2) is 14.8 Å². The molecule has 4 rings (SSSR count). The van der Waals surface area contributed by atoms with Crippen molar-refractivity contribution in [2.75, 3.05) is 0 Å².